The fraction of sp³-hybridized carbons (Fsp3) is 0.929. The second-order valence-electron chi connectivity index (χ2n) is 5.40. The van der Waals surface area contributed by atoms with Gasteiger partial charge in [0.15, 0.2) is 5.60 Å². The van der Waals surface area contributed by atoms with Gasteiger partial charge in [-0.15, -0.1) is 0 Å². The van der Waals surface area contributed by atoms with Gasteiger partial charge < -0.3 is 9.47 Å². The molecule has 2 rings (SSSR count). The second kappa shape index (κ2) is 5.85. The van der Waals surface area contributed by atoms with Crippen molar-refractivity contribution in [2.45, 2.75) is 63.9 Å². The molecule has 1 saturated carbocycles. The lowest BCUT2D eigenvalue weighted by molar-refractivity contribution is -0.149. The molecule has 98 valence electrons. The fourth-order valence-corrected chi connectivity index (χ4v) is 2.86. The van der Waals surface area contributed by atoms with Gasteiger partial charge in [0.1, 0.15) is 0 Å². The molecule has 0 spiro atoms. The summed E-state index contributed by atoms with van der Waals surface area (Å²) in [6.45, 7) is 2.86. The number of unbranched alkanes of at least 4 members (excludes halogenated alkanes) is 1. The van der Waals surface area contributed by atoms with Gasteiger partial charge in [-0.25, -0.2) is 4.79 Å². The number of carbonyl (C=O) groups is 1. The first-order valence-corrected chi connectivity index (χ1v) is 7.08. The molecule has 3 heteroatoms. The van der Waals surface area contributed by atoms with Crippen LogP contribution in [0.1, 0.15) is 58.3 Å². The van der Waals surface area contributed by atoms with Crippen molar-refractivity contribution in [3.05, 3.63) is 0 Å². The highest BCUT2D eigenvalue weighted by Crippen LogP contribution is 2.35. The van der Waals surface area contributed by atoms with E-state index in [1.807, 2.05) is 6.92 Å². The zero-order valence-corrected chi connectivity index (χ0v) is 10.9. The lowest BCUT2D eigenvalue weighted by Gasteiger charge is -2.12. The third kappa shape index (κ3) is 3.44. The second-order valence-corrected chi connectivity index (χ2v) is 5.40. The van der Waals surface area contributed by atoms with Crippen LogP contribution in [0.5, 0.6) is 0 Å². The highest BCUT2D eigenvalue weighted by Gasteiger charge is 2.52. The first-order valence-electron chi connectivity index (χ1n) is 7.08. The molecule has 1 atom stereocenters. The van der Waals surface area contributed by atoms with E-state index >= 15 is 0 Å². The van der Waals surface area contributed by atoms with Crippen LogP contribution in [0.2, 0.25) is 0 Å². The predicted molar refractivity (Wildman–Crippen MR) is 65.7 cm³/mol. The third-order valence-corrected chi connectivity index (χ3v) is 4.06. The van der Waals surface area contributed by atoms with E-state index in [0.29, 0.717) is 13.2 Å². The lowest BCUT2D eigenvalue weighted by atomic mass is 9.96. The number of rotatable bonds is 7. The highest BCUT2D eigenvalue weighted by atomic mass is 16.6. The van der Waals surface area contributed by atoms with E-state index in [-0.39, 0.29) is 5.97 Å². The van der Waals surface area contributed by atoms with Crippen molar-refractivity contribution in [1.82, 2.24) is 0 Å². The summed E-state index contributed by atoms with van der Waals surface area (Å²) in [6.07, 6.45) is 10.2. The molecule has 2 aliphatic rings. The van der Waals surface area contributed by atoms with E-state index in [0.717, 1.165) is 18.8 Å². The monoisotopic (exact) mass is 240 g/mol. The van der Waals surface area contributed by atoms with Crippen molar-refractivity contribution >= 4 is 5.97 Å². The van der Waals surface area contributed by atoms with Crippen LogP contribution in [0, 0.1) is 5.92 Å². The van der Waals surface area contributed by atoms with Gasteiger partial charge >= 0.3 is 5.97 Å². The Hall–Kier alpha value is -0.570. The predicted octanol–water partition coefficient (Wildman–Crippen LogP) is 3.07. The molecule has 17 heavy (non-hydrogen) atoms. The van der Waals surface area contributed by atoms with E-state index < -0.39 is 5.60 Å². The van der Waals surface area contributed by atoms with E-state index in [9.17, 15) is 4.79 Å². The summed E-state index contributed by atoms with van der Waals surface area (Å²) in [5, 5.41) is 0. The van der Waals surface area contributed by atoms with Crippen LogP contribution in [0.25, 0.3) is 0 Å². The molecular weight excluding hydrogens is 216 g/mol. The van der Waals surface area contributed by atoms with Gasteiger partial charge in [0.05, 0.1) is 13.2 Å². The van der Waals surface area contributed by atoms with Crippen molar-refractivity contribution < 1.29 is 14.3 Å². The van der Waals surface area contributed by atoms with Gasteiger partial charge in [-0.05, 0) is 25.7 Å². The van der Waals surface area contributed by atoms with Crippen LogP contribution >= 0.6 is 0 Å². The van der Waals surface area contributed by atoms with E-state index in [2.05, 4.69) is 0 Å². The zero-order valence-electron chi connectivity index (χ0n) is 10.9. The number of hydrogen-bond donors (Lipinski definition) is 0. The first-order chi connectivity index (χ1) is 8.27. The fourth-order valence-electron chi connectivity index (χ4n) is 2.86. The van der Waals surface area contributed by atoms with Gasteiger partial charge in [0, 0.05) is 0 Å². The lowest BCUT2D eigenvalue weighted by Crippen LogP contribution is -2.27. The summed E-state index contributed by atoms with van der Waals surface area (Å²) in [5.74, 6) is 0.800. The smallest absolute Gasteiger partial charge is 0.340 e. The van der Waals surface area contributed by atoms with Gasteiger partial charge in [-0.2, -0.15) is 0 Å². The Balaban J connectivity index is 1.59. The van der Waals surface area contributed by atoms with Crippen molar-refractivity contribution in [1.29, 1.82) is 0 Å². The Kier molecular flexibility index (Phi) is 4.43. The average Bonchev–Trinajstić information content (AvgIpc) is 2.94. The third-order valence-electron chi connectivity index (χ3n) is 4.06. The number of esters is 1. The Morgan fingerprint density at radius 1 is 1.35 bits per heavy atom. The molecule has 0 amide bonds. The van der Waals surface area contributed by atoms with Crippen LogP contribution in [-0.4, -0.2) is 24.8 Å². The standard InChI is InChI=1S/C14H24O3/c1-2-16-13(15)14(11-17-14)10-6-5-9-12-7-3-4-8-12/h12H,2-11H2,1H3. The average molecular weight is 240 g/mol. The maximum Gasteiger partial charge on any atom is 0.340 e. The summed E-state index contributed by atoms with van der Waals surface area (Å²) in [7, 11) is 0. The van der Waals surface area contributed by atoms with Gasteiger partial charge in [0.25, 0.3) is 0 Å². The van der Waals surface area contributed by atoms with Gasteiger partial charge in [0.2, 0.25) is 0 Å². The SMILES string of the molecule is CCOC(=O)C1(CCCCC2CCCC2)CO1. The molecule has 0 aromatic heterocycles. The molecular formula is C14H24O3. The Labute approximate surface area is 104 Å². The molecule has 0 N–H and O–H groups in total. The molecule has 0 aromatic carbocycles. The topological polar surface area (TPSA) is 38.8 Å². The van der Waals surface area contributed by atoms with Crippen LogP contribution in [0.15, 0.2) is 0 Å². The largest absolute Gasteiger partial charge is 0.464 e. The number of hydrogen-bond acceptors (Lipinski definition) is 3. The summed E-state index contributed by atoms with van der Waals surface area (Å²) in [4.78, 5) is 11.6. The maximum atomic E-state index is 11.6. The summed E-state index contributed by atoms with van der Waals surface area (Å²) in [5.41, 5.74) is -0.550. The van der Waals surface area contributed by atoms with Gasteiger partial charge in [-0.1, -0.05) is 38.5 Å². The van der Waals surface area contributed by atoms with Crippen molar-refractivity contribution in [3.63, 3.8) is 0 Å². The minimum Gasteiger partial charge on any atom is -0.464 e. The molecule has 0 bridgehead atoms. The minimum atomic E-state index is -0.550. The van der Waals surface area contributed by atoms with Crippen molar-refractivity contribution in [3.8, 4) is 0 Å². The van der Waals surface area contributed by atoms with Crippen molar-refractivity contribution in [2.24, 2.45) is 5.92 Å². The van der Waals surface area contributed by atoms with Crippen LogP contribution in [0.4, 0.5) is 0 Å². The van der Waals surface area contributed by atoms with E-state index in [4.69, 9.17) is 9.47 Å². The molecule has 3 nitrogen and oxygen atoms in total. The molecule has 1 aliphatic heterocycles. The Morgan fingerprint density at radius 3 is 2.65 bits per heavy atom. The number of epoxide rings is 1. The summed E-state index contributed by atoms with van der Waals surface area (Å²) >= 11 is 0. The number of ether oxygens (including phenoxy) is 2. The molecule has 1 unspecified atom stereocenters. The Bertz CT molecular complexity index is 252. The molecule has 0 radical (unpaired) electrons. The van der Waals surface area contributed by atoms with Crippen LogP contribution in [0.3, 0.4) is 0 Å². The summed E-state index contributed by atoms with van der Waals surface area (Å²) in [6, 6.07) is 0. The molecule has 1 saturated heterocycles. The molecule has 1 heterocycles. The minimum absolute atomic E-state index is 0.152. The van der Waals surface area contributed by atoms with E-state index in [1.165, 1.54) is 38.5 Å². The molecule has 0 aromatic rings. The van der Waals surface area contributed by atoms with Crippen LogP contribution < -0.4 is 0 Å². The van der Waals surface area contributed by atoms with Crippen LogP contribution in [-0.2, 0) is 14.3 Å². The summed E-state index contributed by atoms with van der Waals surface area (Å²) < 4.78 is 10.3. The molecule has 2 fully saturated rings. The van der Waals surface area contributed by atoms with Gasteiger partial charge in [-0.3, -0.25) is 0 Å². The Morgan fingerprint density at radius 2 is 2.06 bits per heavy atom. The number of carbonyl (C=O) groups excluding carboxylic acids is 1. The van der Waals surface area contributed by atoms with Crippen molar-refractivity contribution in [2.75, 3.05) is 13.2 Å². The quantitative estimate of drug-likeness (QED) is 0.390. The zero-order chi connectivity index (χ0) is 12.1. The first kappa shape index (κ1) is 12.9. The van der Waals surface area contributed by atoms with E-state index in [1.54, 1.807) is 0 Å². The normalized spacial score (nSPS) is 28.3. The maximum absolute atomic E-state index is 11.6. The highest BCUT2D eigenvalue weighted by molar-refractivity contribution is 5.82. The molecule has 1 aliphatic carbocycles.